The van der Waals surface area contributed by atoms with E-state index in [9.17, 15) is 9.36 Å². The van der Waals surface area contributed by atoms with Gasteiger partial charge < -0.3 is 9.30 Å². The number of rotatable bonds is 5. The minimum atomic E-state index is -1.65. The van der Waals surface area contributed by atoms with Crippen molar-refractivity contribution in [2.45, 2.75) is 13.3 Å². The molecule has 0 spiro atoms. The molecule has 0 aromatic heterocycles. The monoisotopic (exact) mass is 179 g/mol. The first-order chi connectivity index (χ1) is 5.16. The van der Waals surface area contributed by atoms with Gasteiger partial charge in [-0.15, -0.1) is 0 Å². The third kappa shape index (κ3) is 7.56. The van der Waals surface area contributed by atoms with Crippen LogP contribution in [0.15, 0.2) is 0 Å². The number of nitrogens with one attached hydrogen (secondary N) is 1. The maximum absolute atomic E-state index is 10.7. The predicted molar refractivity (Wildman–Crippen MR) is 44.2 cm³/mol. The van der Waals surface area contributed by atoms with Crippen molar-refractivity contribution in [3.63, 3.8) is 0 Å². The summed E-state index contributed by atoms with van der Waals surface area (Å²) in [5.74, 6) is -0.247. The highest BCUT2D eigenvalue weighted by molar-refractivity contribution is 7.41. The molecule has 0 bridgehead atoms. The van der Waals surface area contributed by atoms with Crippen molar-refractivity contribution in [3.8, 4) is 0 Å². The summed E-state index contributed by atoms with van der Waals surface area (Å²) in [6.45, 7) is 4.19. The van der Waals surface area contributed by atoms with Gasteiger partial charge in [0.25, 0.3) is 0 Å². The van der Waals surface area contributed by atoms with E-state index in [0.29, 0.717) is 13.2 Å². The maximum atomic E-state index is 10.7. The molecule has 0 amide bonds. The van der Waals surface area contributed by atoms with E-state index in [4.69, 9.17) is 0 Å². The van der Waals surface area contributed by atoms with Gasteiger partial charge in [-0.05, 0) is 13.6 Å². The van der Waals surface area contributed by atoms with Crippen LogP contribution in [0.5, 0.6) is 0 Å². The van der Waals surface area contributed by atoms with Crippen molar-refractivity contribution in [2.24, 2.45) is 0 Å². The van der Waals surface area contributed by atoms with Gasteiger partial charge in [-0.1, -0.05) is 0 Å². The zero-order valence-corrected chi connectivity index (χ0v) is 7.85. The lowest BCUT2D eigenvalue weighted by Gasteiger charge is -2.00. The van der Waals surface area contributed by atoms with Crippen LogP contribution < -0.4 is 5.09 Å². The first-order valence-corrected chi connectivity index (χ1v) is 5.47. The Bertz CT molecular complexity index is 149. The molecular formula is C6H14NO3P. The highest BCUT2D eigenvalue weighted by Gasteiger charge is 1.99. The largest absolute Gasteiger partial charge is 0.466 e. The second-order valence-corrected chi connectivity index (χ2v) is 3.50. The molecule has 1 atom stereocenters. The first-order valence-electron chi connectivity index (χ1n) is 3.57. The molecule has 0 saturated heterocycles. The average molecular weight is 179 g/mol. The van der Waals surface area contributed by atoms with Crippen molar-refractivity contribution in [3.05, 3.63) is 0 Å². The zero-order chi connectivity index (χ0) is 8.69. The molecule has 0 radical (unpaired) electrons. The van der Waals surface area contributed by atoms with E-state index in [-0.39, 0.29) is 12.4 Å². The lowest BCUT2D eigenvalue weighted by molar-refractivity contribution is -0.142. The van der Waals surface area contributed by atoms with Crippen molar-refractivity contribution < 1.29 is 14.1 Å². The minimum Gasteiger partial charge on any atom is -0.466 e. The van der Waals surface area contributed by atoms with Crippen LogP contribution >= 0.6 is 7.95 Å². The standard InChI is InChI=1S/C6H14NO3P/c1-3-10-6(8)4-5-7-11(2)9/h11H,3-5H2,1-2H3,(H,7,9). The van der Waals surface area contributed by atoms with Crippen LogP contribution in [0.2, 0.25) is 0 Å². The highest BCUT2D eigenvalue weighted by atomic mass is 31.1. The van der Waals surface area contributed by atoms with Gasteiger partial charge in [0.1, 0.15) is 7.95 Å². The van der Waals surface area contributed by atoms with Gasteiger partial charge >= 0.3 is 5.97 Å². The van der Waals surface area contributed by atoms with Crippen molar-refractivity contribution in [1.29, 1.82) is 0 Å². The molecule has 5 heteroatoms. The Hall–Kier alpha value is -0.340. The van der Waals surface area contributed by atoms with E-state index in [1.165, 1.54) is 0 Å². The summed E-state index contributed by atoms with van der Waals surface area (Å²) in [5.41, 5.74) is 0. The van der Waals surface area contributed by atoms with Gasteiger partial charge in [0.15, 0.2) is 0 Å². The van der Waals surface area contributed by atoms with E-state index in [1.807, 2.05) is 0 Å². The minimum absolute atomic E-state index is 0.247. The Balaban J connectivity index is 3.24. The molecule has 1 N–H and O–H groups in total. The van der Waals surface area contributed by atoms with Crippen LogP contribution in [-0.4, -0.2) is 25.8 Å². The molecule has 0 saturated carbocycles. The molecule has 0 aliphatic rings. The second-order valence-electron chi connectivity index (χ2n) is 2.04. The van der Waals surface area contributed by atoms with Gasteiger partial charge in [0, 0.05) is 6.54 Å². The summed E-state index contributed by atoms with van der Waals surface area (Å²) >= 11 is 0. The Morgan fingerprint density at radius 3 is 2.73 bits per heavy atom. The fraction of sp³-hybridized carbons (Fsp3) is 0.833. The lowest BCUT2D eigenvalue weighted by Crippen LogP contribution is -2.13. The summed E-state index contributed by atoms with van der Waals surface area (Å²) in [6.07, 6.45) is 0.290. The number of hydrogen-bond donors (Lipinski definition) is 1. The molecule has 0 aromatic rings. The fourth-order valence-corrected chi connectivity index (χ4v) is 1.05. The Morgan fingerprint density at radius 2 is 2.27 bits per heavy atom. The average Bonchev–Trinajstić information content (AvgIpc) is 1.87. The van der Waals surface area contributed by atoms with Crippen LogP contribution in [0.1, 0.15) is 13.3 Å². The van der Waals surface area contributed by atoms with E-state index >= 15 is 0 Å². The fourth-order valence-electron chi connectivity index (χ4n) is 0.574. The van der Waals surface area contributed by atoms with Gasteiger partial charge in [-0.3, -0.25) is 9.88 Å². The predicted octanol–water partition coefficient (Wildman–Crippen LogP) is 0.634. The molecule has 0 rings (SSSR count). The summed E-state index contributed by atoms with van der Waals surface area (Å²) in [5, 5.41) is 2.68. The van der Waals surface area contributed by atoms with Gasteiger partial charge in [0.2, 0.25) is 0 Å². The highest BCUT2D eigenvalue weighted by Crippen LogP contribution is 2.04. The summed E-state index contributed by atoms with van der Waals surface area (Å²) in [6, 6.07) is 0. The van der Waals surface area contributed by atoms with Gasteiger partial charge in [0.05, 0.1) is 13.0 Å². The number of ether oxygens (including phenoxy) is 1. The molecule has 11 heavy (non-hydrogen) atoms. The molecule has 1 unspecified atom stereocenters. The Labute approximate surface area is 67.1 Å². The smallest absolute Gasteiger partial charge is 0.307 e. The normalized spacial score (nSPS) is 12.5. The van der Waals surface area contributed by atoms with Crippen molar-refractivity contribution in [2.75, 3.05) is 19.8 Å². The number of carbonyl (C=O) groups is 1. The van der Waals surface area contributed by atoms with Crippen molar-refractivity contribution in [1.82, 2.24) is 5.09 Å². The third-order valence-corrected chi connectivity index (χ3v) is 1.76. The molecule has 4 nitrogen and oxygen atoms in total. The quantitative estimate of drug-likeness (QED) is 0.497. The molecule has 0 aliphatic heterocycles. The van der Waals surface area contributed by atoms with Crippen LogP contribution in [0, 0.1) is 0 Å². The van der Waals surface area contributed by atoms with E-state index in [0.717, 1.165) is 0 Å². The van der Waals surface area contributed by atoms with Crippen LogP contribution in [-0.2, 0) is 14.1 Å². The van der Waals surface area contributed by atoms with E-state index in [2.05, 4.69) is 9.82 Å². The topological polar surface area (TPSA) is 55.4 Å². The van der Waals surface area contributed by atoms with Crippen LogP contribution in [0.4, 0.5) is 0 Å². The first kappa shape index (κ1) is 10.7. The van der Waals surface area contributed by atoms with Gasteiger partial charge in [-0.2, -0.15) is 0 Å². The Kier molecular flexibility index (Phi) is 6.18. The van der Waals surface area contributed by atoms with Gasteiger partial charge in [-0.25, -0.2) is 0 Å². The Morgan fingerprint density at radius 1 is 1.64 bits per heavy atom. The zero-order valence-electron chi connectivity index (χ0n) is 6.85. The summed E-state index contributed by atoms with van der Waals surface area (Å²) in [7, 11) is -1.65. The lowest BCUT2D eigenvalue weighted by atomic mass is 10.4. The number of carbonyl (C=O) groups excluding carboxylic acids is 1. The molecular weight excluding hydrogens is 165 g/mol. The van der Waals surface area contributed by atoms with E-state index < -0.39 is 7.95 Å². The molecule has 0 fully saturated rings. The third-order valence-electron chi connectivity index (χ3n) is 1.01. The molecule has 66 valence electrons. The van der Waals surface area contributed by atoms with Crippen LogP contribution in [0.25, 0.3) is 0 Å². The molecule has 0 aromatic carbocycles. The maximum Gasteiger partial charge on any atom is 0.307 e. The molecule has 0 aliphatic carbocycles. The molecule has 0 heterocycles. The number of hydrogen-bond acceptors (Lipinski definition) is 3. The second kappa shape index (κ2) is 6.38. The summed E-state index contributed by atoms with van der Waals surface area (Å²) < 4.78 is 15.2. The van der Waals surface area contributed by atoms with Crippen LogP contribution in [0.3, 0.4) is 0 Å². The SMILES string of the molecule is CCOC(=O)CCN[PH](C)=O. The van der Waals surface area contributed by atoms with Crippen molar-refractivity contribution >= 4 is 13.9 Å². The number of esters is 1. The summed E-state index contributed by atoms with van der Waals surface area (Å²) in [4.78, 5) is 10.7. The van der Waals surface area contributed by atoms with E-state index in [1.54, 1.807) is 13.6 Å².